The minimum absolute atomic E-state index is 0.461. The van der Waals surface area contributed by atoms with Crippen LogP contribution in [0.4, 0.5) is 5.69 Å². The van der Waals surface area contributed by atoms with Gasteiger partial charge in [-0.05, 0) is 35.2 Å². The van der Waals surface area contributed by atoms with E-state index in [4.69, 9.17) is 12.2 Å². The highest BCUT2D eigenvalue weighted by Crippen LogP contribution is 2.32. The second-order valence-electron chi connectivity index (χ2n) is 5.58. The van der Waals surface area contributed by atoms with Crippen molar-refractivity contribution in [3.63, 3.8) is 0 Å². The van der Waals surface area contributed by atoms with Gasteiger partial charge in [-0.15, -0.1) is 0 Å². The Morgan fingerprint density at radius 1 is 1.05 bits per heavy atom. The van der Waals surface area contributed by atoms with E-state index in [0.717, 1.165) is 5.69 Å². The summed E-state index contributed by atoms with van der Waals surface area (Å²) in [5.74, 6) is 0.923. The Kier molecular flexibility index (Phi) is 5.76. The summed E-state index contributed by atoms with van der Waals surface area (Å²) >= 11 is 5.34. The van der Waals surface area contributed by atoms with Crippen molar-refractivity contribution in [3.05, 3.63) is 29.3 Å². The molecule has 1 aromatic rings. The molecule has 1 aromatic carbocycles. The van der Waals surface area contributed by atoms with Crippen molar-refractivity contribution < 1.29 is 0 Å². The summed E-state index contributed by atoms with van der Waals surface area (Å²) in [6.07, 6.45) is 0. The van der Waals surface area contributed by atoms with Crippen LogP contribution >= 0.6 is 12.2 Å². The molecule has 0 bridgehead atoms. The highest BCUT2D eigenvalue weighted by atomic mass is 32.1. The van der Waals surface area contributed by atoms with E-state index in [0.29, 0.717) is 16.9 Å². The Labute approximate surface area is 122 Å². The average molecular weight is 279 g/mol. The van der Waals surface area contributed by atoms with Crippen LogP contribution in [0.15, 0.2) is 18.2 Å². The second-order valence-corrected chi connectivity index (χ2v) is 5.99. The van der Waals surface area contributed by atoms with Crippen LogP contribution in [-0.4, -0.2) is 24.2 Å². The third-order valence-corrected chi connectivity index (χ3v) is 3.13. The molecule has 0 heterocycles. The lowest BCUT2D eigenvalue weighted by atomic mass is 9.93. The van der Waals surface area contributed by atoms with Gasteiger partial charge in [-0.25, -0.2) is 5.01 Å². The molecule has 0 aliphatic rings. The van der Waals surface area contributed by atoms with Crippen LogP contribution in [0, 0.1) is 0 Å². The highest BCUT2D eigenvalue weighted by molar-refractivity contribution is 7.80. The second kappa shape index (κ2) is 6.87. The van der Waals surface area contributed by atoms with Crippen LogP contribution in [-0.2, 0) is 0 Å². The number of benzene rings is 1. The lowest BCUT2D eigenvalue weighted by molar-refractivity contribution is 0.365. The molecule has 0 radical (unpaired) electrons. The summed E-state index contributed by atoms with van der Waals surface area (Å²) in [5, 5.41) is 5.81. The molecule has 0 amide bonds. The van der Waals surface area contributed by atoms with Crippen LogP contribution in [0.25, 0.3) is 0 Å². The molecule has 4 heteroatoms. The fourth-order valence-electron chi connectivity index (χ4n) is 2.04. The van der Waals surface area contributed by atoms with Gasteiger partial charge in [0.05, 0.1) is 0 Å². The minimum atomic E-state index is 0.461. The van der Waals surface area contributed by atoms with E-state index in [1.54, 1.807) is 0 Å². The monoisotopic (exact) mass is 279 g/mol. The molecule has 0 fully saturated rings. The molecule has 0 aliphatic carbocycles. The van der Waals surface area contributed by atoms with Crippen LogP contribution in [0.5, 0.6) is 0 Å². The zero-order chi connectivity index (χ0) is 14.6. The minimum Gasteiger partial charge on any atom is -0.331 e. The van der Waals surface area contributed by atoms with Crippen molar-refractivity contribution in [2.24, 2.45) is 0 Å². The summed E-state index contributed by atoms with van der Waals surface area (Å²) in [7, 11) is 3.84. The van der Waals surface area contributed by atoms with Gasteiger partial charge in [0.25, 0.3) is 0 Å². The number of hydrogen-bond acceptors (Lipinski definition) is 2. The highest BCUT2D eigenvalue weighted by Gasteiger charge is 2.14. The zero-order valence-electron chi connectivity index (χ0n) is 12.7. The number of hydrazine groups is 1. The van der Waals surface area contributed by atoms with Crippen molar-refractivity contribution in [2.75, 3.05) is 19.4 Å². The molecule has 0 saturated carbocycles. The van der Waals surface area contributed by atoms with Crippen molar-refractivity contribution in [1.82, 2.24) is 10.4 Å². The SMILES string of the molecule is CC(C)c1cccc(C(C)C)c1NC(=S)NN(C)C. The van der Waals surface area contributed by atoms with Crippen molar-refractivity contribution >= 4 is 23.0 Å². The fourth-order valence-corrected chi connectivity index (χ4v) is 2.32. The lowest BCUT2D eigenvalue weighted by Crippen LogP contribution is -2.39. The van der Waals surface area contributed by atoms with Gasteiger partial charge < -0.3 is 5.32 Å². The Morgan fingerprint density at radius 3 is 1.89 bits per heavy atom. The van der Waals surface area contributed by atoms with Crippen molar-refractivity contribution in [2.45, 2.75) is 39.5 Å². The molecule has 0 saturated heterocycles. The first-order valence-electron chi connectivity index (χ1n) is 6.70. The molecular formula is C15H25N3S. The van der Waals surface area contributed by atoms with Crippen LogP contribution in [0.1, 0.15) is 50.7 Å². The molecule has 0 atom stereocenters. The van der Waals surface area contributed by atoms with Crippen LogP contribution in [0.2, 0.25) is 0 Å². The Morgan fingerprint density at radius 2 is 1.53 bits per heavy atom. The quantitative estimate of drug-likeness (QED) is 0.649. The number of para-hydroxylation sites is 1. The fraction of sp³-hybridized carbons (Fsp3) is 0.533. The van der Waals surface area contributed by atoms with E-state index in [2.05, 4.69) is 56.6 Å². The van der Waals surface area contributed by atoms with Crippen LogP contribution < -0.4 is 10.7 Å². The molecule has 0 aromatic heterocycles. The maximum absolute atomic E-state index is 5.34. The standard InChI is InChI=1S/C15H25N3S/c1-10(2)12-8-7-9-13(11(3)4)14(12)16-15(19)17-18(5)6/h7-11H,1-6H3,(H2,16,17,19). The molecule has 1 rings (SSSR count). The lowest BCUT2D eigenvalue weighted by Gasteiger charge is -2.23. The summed E-state index contributed by atoms with van der Waals surface area (Å²) in [6.45, 7) is 8.81. The van der Waals surface area contributed by atoms with Gasteiger partial charge in [-0.2, -0.15) is 0 Å². The molecule has 0 aliphatic heterocycles. The average Bonchev–Trinajstić information content (AvgIpc) is 2.27. The zero-order valence-corrected chi connectivity index (χ0v) is 13.6. The summed E-state index contributed by atoms with van der Waals surface area (Å²) < 4.78 is 0. The topological polar surface area (TPSA) is 27.3 Å². The van der Waals surface area contributed by atoms with E-state index in [1.807, 2.05) is 19.1 Å². The van der Waals surface area contributed by atoms with E-state index in [9.17, 15) is 0 Å². The molecule has 0 spiro atoms. The Hall–Kier alpha value is -1.13. The summed E-state index contributed by atoms with van der Waals surface area (Å²) in [5.41, 5.74) is 6.82. The van der Waals surface area contributed by atoms with E-state index in [1.165, 1.54) is 11.1 Å². The first kappa shape index (κ1) is 15.9. The summed E-state index contributed by atoms with van der Waals surface area (Å²) in [6, 6.07) is 6.45. The largest absolute Gasteiger partial charge is 0.331 e. The molecule has 3 nitrogen and oxygen atoms in total. The first-order valence-corrected chi connectivity index (χ1v) is 7.11. The predicted molar refractivity (Wildman–Crippen MR) is 87.7 cm³/mol. The normalized spacial score (nSPS) is 11.2. The predicted octanol–water partition coefficient (Wildman–Crippen LogP) is 3.70. The first-order chi connectivity index (χ1) is 8.82. The van der Waals surface area contributed by atoms with Gasteiger partial charge in [-0.1, -0.05) is 45.9 Å². The Balaban J connectivity index is 3.11. The number of anilines is 1. The van der Waals surface area contributed by atoms with Gasteiger partial charge in [0.15, 0.2) is 5.11 Å². The third kappa shape index (κ3) is 4.48. The van der Waals surface area contributed by atoms with Gasteiger partial charge in [0.1, 0.15) is 0 Å². The molecular weight excluding hydrogens is 254 g/mol. The smallest absolute Gasteiger partial charge is 0.185 e. The van der Waals surface area contributed by atoms with Gasteiger partial charge in [0, 0.05) is 19.8 Å². The molecule has 19 heavy (non-hydrogen) atoms. The Bertz CT molecular complexity index is 413. The van der Waals surface area contributed by atoms with Crippen molar-refractivity contribution in [3.8, 4) is 0 Å². The number of rotatable bonds is 4. The molecule has 2 N–H and O–H groups in total. The van der Waals surface area contributed by atoms with Gasteiger partial charge in [-0.3, -0.25) is 5.43 Å². The van der Waals surface area contributed by atoms with Gasteiger partial charge in [0.2, 0.25) is 0 Å². The maximum atomic E-state index is 5.34. The number of nitrogens with one attached hydrogen (secondary N) is 2. The van der Waals surface area contributed by atoms with E-state index < -0.39 is 0 Å². The molecule has 0 unspecified atom stereocenters. The number of hydrogen-bond donors (Lipinski definition) is 2. The van der Waals surface area contributed by atoms with Crippen LogP contribution in [0.3, 0.4) is 0 Å². The molecule has 106 valence electrons. The van der Waals surface area contributed by atoms with Gasteiger partial charge >= 0.3 is 0 Å². The summed E-state index contributed by atoms with van der Waals surface area (Å²) in [4.78, 5) is 0. The van der Waals surface area contributed by atoms with Crippen molar-refractivity contribution in [1.29, 1.82) is 0 Å². The van der Waals surface area contributed by atoms with E-state index in [-0.39, 0.29) is 0 Å². The van der Waals surface area contributed by atoms with E-state index >= 15 is 0 Å². The number of nitrogens with zero attached hydrogens (tertiary/aromatic N) is 1. The third-order valence-electron chi connectivity index (χ3n) is 2.94. The number of thiocarbonyl (C=S) groups is 1. The maximum Gasteiger partial charge on any atom is 0.185 e.